The molecule has 0 bridgehead atoms. The van der Waals surface area contributed by atoms with Gasteiger partial charge in [0, 0.05) is 17.8 Å². The van der Waals surface area contributed by atoms with Crippen molar-refractivity contribution in [1.29, 1.82) is 0 Å². The molecule has 1 saturated carbocycles. The Balaban J connectivity index is 2.10. The number of benzene rings is 1. The van der Waals surface area contributed by atoms with Crippen molar-refractivity contribution in [2.24, 2.45) is 5.92 Å². The molecule has 0 spiro atoms. The highest BCUT2D eigenvalue weighted by molar-refractivity contribution is 5.55. The van der Waals surface area contributed by atoms with E-state index < -0.39 is 0 Å². The van der Waals surface area contributed by atoms with Crippen LogP contribution in [-0.4, -0.2) is 19.8 Å². The number of methoxy groups -OCH3 is 1. The van der Waals surface area contributed by atoms with Crippen molar-refractivity contribution in [2.75, 3.05) is 19.0 Å². The van der Waals surface area contributed by atoms with E-state index in [2.05, 4.69) is 24.4 Å². The molecule has 0 heterocycles. The Bertz CT molecular complexity index is 419. The summed E-state index contributed by atoms with van der Waals surface area (Å²) in [5.74, 6) is 2.42. The molecule has 1 aromatic rings. The fourth-order valence-corrected chi connectivity index (χ4v) is 3.14. The Labute approximate surface area is 122 Å². The van der Waals surface area contributed by atoms with Gasteiger partial charge in [-0.05, 0) is 37.8 Å². The number of hydrogen-bond acceptors (Lipinski definition) is 3. The summed E-state index contributed by atoms with van der Waals surface area (Å²) in [7, 11) is 1.68. The number of nitrogens with one attached hydrogen (secondary N) is 1. The number of hydrogen-bond donors (Lipinski definition) is 1. The average Bonchev–Trinajstić information content (AvgIpc) is 2.48. The van der Waals surface area contributed by atoms with Crippen LogP contribution in [0.15, 0.2) is 18.2 Å². The minimum atomic E-state index is 0.594. The van der Waals surface area contributed by atoms with Gasteiger partial charge < -0.3 is 14.8 Å². The summed E-state index contributed by atoms with van der Waals surface area (Å²) in [6.45, 7) is 4.94. The SMILES string of the molecule is CCOc1cc(NC2CCCCC2CC)ccc1OC. The zero-order valence-corrected chi connectivity index (χ0v) is 12.9. The van der Waals surface area contributed by atoms with Crippen molar-refractivity contribution < 1.29 is 9.47 Å². The fraction of sp³-hybridized carbons (Fsp3) is 0.647. The van der Waals surface area contributed by atoms with Crippen LogP contribution in [0.1, 0.15) is 46.0 Å². The van der Waals surface area contributed by atoms with Gasteiger partial charge in [0.1, 0.15) is 0 Å². The maximum Gasteiger partial charge on any atom is 0.163 e. The Kier molecular flexibility index (Phi) is 5.57. The quantitative estimate of drug-likeness (QED) is 0.832. The zero-order valence-electron chi connectivity index (χ0n) is 12.9. The molecule has 1 aliphatic carbocycles. The maximum absolute atomic E-state index is 5.65. The van der Waals surface area contributed by atoms with E-state index in [9.17, 15) is 0 Å². The third-order valence-corrected chi connectivity index (χ3v) is 4.25. The summed E-state index contributed by atoms with van der Waals surface area (Å²) in [5, 5.41) is 3.70. The van der Waals surface area contributed by atoms with Gasteiger partial charge in [-0.15, -0.1) is 0 Å². The minimum Gasteiger partial charge on any atom is -0.493 e. The lowest BCUT2D eigenvalue weighted by Crippen LogP contribution is -2.31. The van der Waals surface area contributed by atoms with Gasteiger partial charge in [0.15, 0.2) is 11.5 Å². The van der Waals surface area contributed by atoms with Crippen molar-refractivity contribution in [1.82, 2.24) is 0 Å². The van der Waals surface area contributed by atoms with Crippen LogP contribution < -0.4 is 14.8 Å². The summed E-state index contributed by atoms with van der Waals surface area (Å²) in [5.41, 5.74) is 1.14. The third-order valence-electron chi connectivity index (χ3n) is 4.25. The van der Waals surface area contributed by atoms with Crippen LogP contribution >= 0.6 is 0 Å². The first-order valence-electron chi connectivity index (χ1n) is 7.85. The summed E-state index contributed by atoms with van der Waals surface area (Å²) >= 11 is 0. The van der Waals surface area contributed by atoms with Gasteiger partial charge in [-0.1, -0.05) is 26.2 Å². The van der Waals surface area contributed by atoms with E-state index in [1.807, 2.05) is 13.0 Å². The van der Waals surface area contributed by atoms with E-state index in [0.717, 1.165) is 23.1 Å². The first kappa shape index (κ1) is 15.0. The lowest BCUT2D eigenvalue weighted by Gasteiger charge is -2.32. The second kappa shape index (κ2) is 7.41. The molecule has 2 unspecified atom stereocenters. The van der Waals surface area contributed by atoms with Gasteiger partial charge in [-0.2, -0.15) is 0 Å². The molecule has 0 radical (unpaired) electrons. The minimum absolute atomic E-state index is 0.594. The third kappa shape index (κ3) is 3.59. The Morgan fingerprint density at radius 2 is 1.95 bits per heavy atom. The molecule has 2 atom stereocenters. The first-order valence-corrected chi connectivity index (χ1v) is 7.85. The highest BCUT2D eigenvalue weighted by atomic mass is 16.5. The number of ether oxygens (including phenoxy) is 2. The standard InChI is InChI=1S/C17H27NO2/c1-4-13-8-6-7-9-15(13)18-14-10-11-16(19-3)17(12-14)20-5-2/h10-13,15,18H,4-9H2,1-3H3. The van der Waals surface area contributed by atoms with Gasteiger partial charge in [0.2, 0.25) is 0 Å². The van der Waals surface area contributed by atoms with Crippen molar-refractivity contribution in [3.8, 4) is 11.5 Å². The molecule has 1 aliphatic rings. The molecule has 0 aromatic heterocycles. The van der Waals surface area contributed by atoms with Crippen LogP contribution in [0, 0.1) is 5.92 Å². The molecule has 0 amide bonds. The predicted octanol–water partition coefficient (Wildman–Crippen LogP) is 4.47. The highest BCUT2D eigenvalue weighted by Gasteiger charge is 2.23. The van der Waals surface area contributed by atoms with E-state index in [0.29, 0.717) is 12.6 Å². The lowest BCUT2D eigenvalue weighted by molar-refractivity contribution is 0.309. The largest absolute Gasteiger partial charge is 0.493 e. The van der Waals surface area contributed by atoms with Crippen LogP contribution in [-0.2, 0) is 0 Å². The number of rotatable bonds is 6. The summed E-state index contributed by atoms with van der Waals surface area (Å²) in [6, 6.07) is 6.72. The first-order chi connectivity index (χ1) is 9.78. The molecule has 3 nitrogen and oxygen atoms in total. The fourth-order valence-electron chi connectivity index (χ4n) is 3.14. The number of anilines is 1. The molecule has 1 aromatic carbocycles. The van der Waals surface area contributed by atoms with Crippen LogP contribution in [0.3, 0.4) is 0 Å². The van der Waals surface area contributed by atoms with Crippen LogP contribution in [0.25, 0.3) is 0 Å². The molecular weight excluding hydrogens is 250 g/mol. The molecule has 2 rings (SSSR count). The second-order valence-corrected chi connectivity index (χ2v) is 5.50. The molecule has 0 aliphatic heterocycles. The molecule has 0 saturated heterocycles. The van der Waals surface area contributed by atoms with E-state index in [4.69, 9.17) is 9.47 Å². The average molecular weight is 277 g/mol. The van der Waals surface area contributed by atoms with E-state index in [1.54, 1.807) is 7.11 Å². The van der Waals surface area contributed by atoms with Gasteiger partial charge in [-0.25, -0.2) is 0 Å². The van der Waals surface area contributed by atoms with Crippen molar-refractivity contribution in [3.63, 3.8) is 0 Å². The molecule has 1 fully saturated rings. The van der Waals surface area contributed by atoms with Gasteiger partial charge in [0.05, 0.1) is 13.7 Å². The summed E-state index contributed by atoms with van der Waals surface area (Å²) < 4.78 is 11.0. The zero-order chi connectivity index (χ0) is 14.4. The summed E-state index contributed by atoms with van der Waals surface area (Å²) in [6.07, 6.45) is 6.59. The Morgan fingerprint density at radius 1 is 1.15 bits per heavy atom. The molecular formula is C17H27NO2. The van der Waals surface area contributed by atoms with E-state index in [-0.39, 0.29) is 0 Å². The van der Waals surface area contributed by atoms with Crippen LogP contribution in [0.2, 0.25) is 0 Å². The normalized spacial score (nSPS) is 22.4. The molecule has 3 heteroatoms. The lowest BCUT2D eigenvalue weighted by atomic mass is 9.83. The monoisotopic (exact) mass is 277 g/mol. The second-order valence-electron chi connectivity index (χ2n) is 5.50. The summed E-state index contributed by atoms with van der Waals surface area (Å²) in [4.78, 5) is 0. The highest BCUT2D eigenvalue weighted by Crippen LogP contribution is 2.33. The van der Waals surface area contributed by atoms with Gasteiger partial charge in [0.25, 0.3) is 0 Å². The van der Waals surface area contributed by atoms with Crippen molar-refractivity contribution in [3.05, 3.63) is 18.2 Å². The maximum atomic E-state index is 5.65. The molecule has 20 heavy (non-hydrogen) atoms. The van der Waals surface area contributed by atoms with Gasteiger partial charge in [-0.3, -0.25) is 0 Å². The van der Waals surface area contributed by atoms with Crippen LogP contribution in [0.5, 0.6) is 11.5 Å². The van der Waals surface area contributed by atoms with Crippen LogP contribution in [0.4, 0.5) is 5.69 Å². The van der Waals surface area contributed by atoms with Crippen molar-refractivity contribution >= 4 is 5.69 Å². The molecule has 1 N–H and O–H groups in total. The Hall–Kier alpha value is -1.38. The van der Waals surface area contributed by atoms with Gasteiger partial charge >= 0.3 is 0 Å². The smallest absolute Gasteiger partial charge is 0.163 e. The predicted molar refractivity (Wildman–Crippen MR) is 83.8 cm³/mol. The van der Waals surface area contributed by atoms with Crippen molar-refractivity contribution in [2.45, 2.75) is 52.0 Å². The van der Waals surface area contributed by atoms with E-state index >= 15 is 0 Å². The van der Waals surface area contributed by atoms with E-state index in [1.165, 1.54) is 32.1 Å². The Morgan fingerprint density at radius 3 is 2.65 bits per heavy atom. The molecule has 112 valence electrons. The topological polar surface area (TPSA) is 30.5 Å².